The predicted molar refractivity (Wildman–Crippen MR) is 79.3 cm³/mol. The van der Waals surface area contributed by atoms with Crippen LogP contribution in [-0.4, -0.2) is 53.8 Å². The van der Waals surface area contributed by atoms with Crippen molar-refractivity contribution in [3.05, 3.63) is 18.7 Å². The van der Waals surface area contributed by atoms with Gasteiger partial charge in [0.25, 0.3) is 5.95 Å². The monoisotopic (exact) mass is 304 g/mol. The molecule has 2 aromatic heterocycles. The lowest BCUT2D eigenvalue weighted by molar-refractivity contribution is 0.178. The fourth-order valence-electron chi connectivity index (χ4n) is 2.54. The molecule has 2 amide bonds. The minimum atomic E-state index is -0.187. The van der Waals surface area contributed by atoms with E-state index in [9.17, 15) is 4.79 Å². The zero-order chi connectivity index (χ0) is 15.5. The first-order chi connectivity index (χ1) is 10.6. The number of tetrazole rings is 1. The van der Waals surface area contributed by atoms with Crippen LogP contribution in [0.5, 0.6) is 0 Å². The predicted octanol–water partition coefficient (Wildman–Crippen LogP) is 1.32. The van der Waals surface area contributed by atoms with Gasteiger partial charge in [-0.1, -0.05) is 5.10 Å². The second-order valence-corrected chi connectivity index (χ2v) is 5.71. The third kappa shape index (κ3) is 3.07. The molecule has 1 aliphatic rings. The van der Waals surface area contributed by atoms with Crippen molar-refractivity contribution in [3.63, 3.8) is 0 Å². The molecule has 0 spiro atoms. The number of nitrogens with one attached hydrogen (secondary N) is 1. The lowest BCUT2D eigenvalue weighted by Crippen LogP contribution is -2.43. The van der Waals surface area contributed by atoms with Crippen molar-refractivity contribution >= 4 is 12.0 Å². The number of urea groups is 1. The van der Waals surface area contributed by atoms with Gasteiger partial charge in [-0.3, -0.25) is 5.32 Å². The van der Waals surface area contributed by atoms with E-state index in [0.717, 1.165) is 19.4 Å². The highest BCUT2D eigenvalue weighted by Crippen LogP contribution is 2.21. The summed E-state index contributed by atoms with van der Waals surface area (Å²) in [6.07, 6.45) is 7.49. The molecule has 1 saturated heterocycles. The standard InChI is InChI=1S/C13H20N8O/c1-10(2)21-17-12(16-18-21)15-13(22)19-6-3-4-11(8-19)20-7-5-14-9-20/h5,7,9-11H,3-4,6,8H2,1-2H3,(H,15,17,22). The number of likely N-dealkylation sites (tertiary alicyclic amines) is 1. The molecule has 0 aliphatic carbocycles. The molecule has 0 aromatic carbocycles. The number of carbonyl (C=O) groups excluding carboxylic acids is 1. The molecule has 3 heterocycles. The molecule has 1 unspecified atom stereocenters. The van der Waals surface area contributed by atoms with Gasteiger partial charge in [-0.15, -0.1) is 5.10 Å². The molecular weight excluding hydrogens is 284 g/mol. The Morgan fingerprint density at radius 1 is 1.45 bits per heavy atom. The van der Waals surface area contributed by atoms with E-state index in [1.807, 2.05) is 24.6 Å². The number of carbonyl (C=O) groups is 1. The maximum Gasteiger partial charge on any atom is 0.324 e. The first-order valence-corrected chi connectivity index (χ1v) is 7.46. The van der Waals surface area contributed by atoms with E-state index in [1.165, 1.54) is 4.80 Å². The van der Waals surface area contributed by atoms with Gasteiger partial charge in [-0.05, 0) is 31.9 Å². The fraction of sp³-hybridized carbons (Fsp3) is 0.615. The van der Waals surface area contributed by atoms with Crippen LogP contribution in [0.2, 0.25) is 0 Å². The van der Waals surface area contributed by atoms with E-state index in [4.69, 9.17) is 0 Å². The average Bonchev–Trinajstić information content (AvgIpc) is 3.19. The smallest absolute Gasteiger partial charge is 0.324 e. The van der Waals surface area contributed by atoms with Crippen LogP contribution >= 0.6 is 0 Å². The van der Waals surface area contributed by atoms with Crippen LogP contribution < -0.4 is 5.32 Å². The van der Waals surface area contributed by atoms with Gasteiger partial charge in [0.15, 0.2) is 0 Å². The van der Waals surface area contributed by atoms with Crippen LogP contribution in [0, 0.1) is 0 Å². The average molecular weight is 304 g/mol. The zero-order valence-electron chi connectivity index (χ0n) is 12.8. The Kier molecular flexibility index (Phi) is 4.03. The van der Waals surface area contributed by atoms with Crippen LogP contribution in [0.25, 0.3) is 0 Å². The van der Waals surface area contributed by atoms with Crippen molar-refractivity contribution in [2.75, 3.05) is 18.4 Å². The number of rotatable bonds is 3. The van der Waals surface area contributed by atoms with Gasteiger partial charge in [0, 0.05) is 25.5 Å². The fourth-order valence-corrected chi connectivity index (χ4v) is 2.54. The molecule has 1 aliphatic heterocycles. The first-order valence-electron chi connectivity index (χ1n) is 7.46. The molecule has 2 aromatic rings. The second-order valence-electron chi connectivity index (χ2n) is 5.71. The topological polar surface area (TPSA) is 93.8 Å². The number of aromatic nitrogens is 6. The van der Waals surface area contributed by atoms with Gasteiger partial charge in [-0.2, -0.15) is 4.80 Å². The maximum absolute atomic E-state index is 12.3. The van der Waals surface area contributed by atoms with Crippen molar-refractivity contribution in [2.24, 2.45) is 0 Å². The van der Waals surface area contributed by atoms with Gasteiger partial charge in [0.1, 0.15) is 0 Å². The second kappa shape index (κ2) is 6.12. The quantitative estimate of drug-likeness (QED) is 0.923. The summed E-state index contributed by atoms with van der Waals surface area (Å²) in [4.78, 5) is 19.7. The minimum absolute atomic E-state index is 0.110. The summed E-state index contributed by atoms with van der Waals surface area (Å²) in [5.74, 6) is 0.239. The van der Waals surface area contributed by atoms with Crippen molar-refractivity contribution in [2.45, 2.75) is 38.8 Å². The molecule has 1 fully saturated rings. The van der Waals surface area contributed by atoms with Gasteiger partial charge < -0.3 is 9.47 Å². The van der Waals surface area contributed by atoms with Gasteiger partial charge in [0.05, 0.1) is 18.4 Å². The summed E-state index contributed by atoms with van der Waals surface area (Å²) in [5.41, 5.74) is 0. The third-order valence-electron chi connectivity index (χ3n) is 3.74. The summed E-state index contributed by atoms with van der Waals surface area (Å²) in [6.45, 7) is 5.29. The molecular formula is C13H20N8O. The van der Waals surface area contributed by atoms with Crippen LogP contribution in [0.1, 0.15) is 38.8 Å². The summed E-state index contributed by atoms with van der Waals surface area (Å²) >= 11 is 0. The molecule has 0 bridgehead atoms. The van der Waals surface area contributed by atoms with E-state index < -0.39 is 0 Å². The van der Waals surface area contributed by atoms with Crippen molar-refractivity contribution in [1.82, 2.24) is 34.7 Å². The maximum atomic E-state index is 12.3. The summed E-state index contributed by atoms with van der Waals surface area (Å²) in [5, 5.41) is 14.6. The third-order valence-corrected chi connectivity index (χ3v) is 3.74. The molecule has 1 atom stereocenters. The van der Waals surface area contributed by atoms with Crippen LogP contribution in [0.4, 0.5) is 10.7 Å². The van der Waals surface area contributed by atoms with E-state index in [2.05, 4.69) is 25.7 Å². The van der Waals surface area contributed by atoms with Crippen LogP contribution in [-0.2, 0) is 0 Å². The number of amides is 2. The Balaban J connectivity index is 1.61. The van der Waals surface area contributed by atoms with Crippen LogP contribution in [0.15, 0.2) is 18.7 Å². The van der Waals surface area contributed by atoms with E-state index in [-0.39, 0.29) is 24.1 Å². The highest BCUT2D eigenvalue weighted by Gasteiger charge is 2.25. The lowest BCUT2D eigenvalue weighted by Gasteiger charge is -2.32. The van der Waals surface area contributed by atoms with Gasteiger partial charge >= 0.3 is 6.03 Å². The number of piperidine rings is 1. The summed E-state index contributed by atoms with van der Waals surface area (Å²) < 4.78 is 2.05. The lowest BCUT2D eigenvalue weighted by atomic mass is 10.1. The molecule has 0 radical (unpaired) electrons. The van der Waals surface area contributed by atoms with E-state index in [0.29, 0.717) is 6.54 Å². The Hall–Kier alpha value is -2.45. The molecule has 9 nitrogen and oxygen atoms in total. The SMILES string of the molecule is CC(C)n1nnc(NC(=O)N2CCCC(n3ccnc3)C2)n1. The largest absolute Gasteiger partial charge is 0.333 e. The van der Waals surface area contributed by atoms with Gasteiger partial charge in [0.2, 0.25) is 0 Å². The molecule has 9 heteroatoms. The van der Waals surface area contributed by atoms with E-state index >= 15 is 0 Å². The van der Waals surface area contributed by atoms with Crippen LogP contribution in [0.3, 0.4) is 0 Å². The number of hydrogen-bond donors (Lipinski definition) is 1. The Labute approximate surface area is 128 Å². The molecule has 1 N–H and O–H groups in total. The van der Waals surface area contributed by atoms with Gasteiger partial charge in [-0.25, -0.2) is 9.78 Å². The van der Waals surface area contributed by atoms with Crippen molar-refractivity contribution in [3.8, 4) is 0 Å². The molecule has 0 saturated carbocycles. The Morgan fingerprint density at radius 3 is 3.00 bits per heavy atom. The molecule has 118 valence electrons. The number of nitrogens with zero attached hydrogens (tertiary/aromatic N) is 7. The Bertz CT molecular complexity index is 620. The highest BCUT2D eigenvalue weighted by atomic mass is 16.2. The number of imidazole rings is 1. The summed E-state index contributed by atoms with van der Waals surface area (Å²) in [7, 11) is 0. The normalized spacial score (nSPS) is 18.7. The zero-order valence-corrected chi connectivity index (χ0v) is 12.8. The summed E-state index contributed by atoms with van der Waals surface area (Å²) in [6, 6.07) is 0.188. The van der Waals surface area contributed by atoms with Crippen molar-refractivity contribution in [1.29, 1.82) is 0 Å². The molecule has 22 heavy (non-hydrogen) atoms. The first kappa shape index (κ1) is 14.5. The minimum Gasteiger partial charge on any atom is -0.333 e. The highest BCUT2D eigenvalue weighted by molar-refractivity contribution is 5.87. The van der Waals surface area contributed by atoms with E-state index in [1.54, 1.807) is 17.4 Å². The number of anilines is 1. The van der Waals surface area contributed by atoms with Crippen molar-refractivity contribution < 1.29 is 4.79 Å². The number of hydrogen-bond acceptors (Lipinski definition) is 5. The Morgan fingerprint density at radius 2 is 2.32 bits per heavy atom. The molecule has 3 rings (SSSR count).